The van der Waals surface area contributed by atoms with Crippen LogP contribution < -0.4 is 10.1 Å². The Labute approximate surface area is 180 Å². The Bertz CT molecular complexity index is 1020. The number of hydrogen-bond acceptors (Lipinski definition) is 5. The number of furan rings is 1. The average Bonchev–Trinajstić information content (AvgIpc) is 3.50. The fraction of sp³-hybridized carbons (Fsp3) is 0.348. The average molecular weight is 422 g/mol. The number of rotatable bonds is 7. The molecule has 8 heteroatoms. The van der Waals surface area contributed by atoms with Gasteiger partial charge in [0.05, 0.1) is 25.0 Å². The molecule has 0 bridgehead atoms. The van der Waals surface area contributed by atoms with E-state index in [1.165, 1.54) is 0 Å². The van der Waals surface area contributed by atoms with Crippen molar-refractivity contribution in [3.63, 3.8) is 0 Å². The highest BCUT2D eigenvalue weighted by molar-refractivity contribution is 5.97. The number of nitrogens with zero attached hydrogens (tertiary/aromatic N) is 2. The number of amides is 2. The minimum atomic E-state index is -0.251. The molecule has 1 aliphatic heterocycles. The van der Waals surface area contributed by atoms with Crippen molar-refractivity contribution in [2.45, 2.75) is 32.2 Å². The van der Waals surface area contributed by atoms with Gasteiger partial charge in [0.2, 0.25) is 0 Å². The number of carbonyl (C=O) groups excluding carboxylic acids is 2. The minimum absolute atomic E-state index is 0.00916. The van der Waals surface area contributed by atoms with E-state index in [-0.39, 0.29) is 17.7 Å². The third kappa shape index (κ3) is 4.79. The van der Waals surface area contributed by atoms with Crippen molar-refractivity contribution in [2.75, 3.05) is 19.7 Å². The van der Waals surface area contributed by atoms with Crippen LogP contribution in [0.25, 0.3) is 0 Å². The number of para-hydroxylation sites is 1. The highest BCUT2D eigenvalue weighted by Gasteiger charge is 2.27. The van der Waals surface area contributed by atoms with Crippen LogP contribution in [0.5, 0.6) is 5.75 Å². The topological polar surface area (TPSA) is 100 Å². The first kappa shape index (κ1) is 20.7. The third-order valence-electron chi connectivity index (χ3n) is 5.47. The number of carbonyl (C=O) groups is 2. The van der Waals surface area contributed by atoms with Crippen LogP contribution in [0.4, 0.5) is 0 Å². The van der Waals surface area contributed by atoms with Crippen LogP contribution in [0.2, 0.25) is 0 Å². The first-order valence-corrected chi connectivity index (χ1v) is 10.5. The van der Waals surface area contributed by atoms with Gasteiger partial charge < -0.3 is 19.4 Å². The second-order valence-electron chi connectivity index (χ2n) is 7.47. The Morgan fingerprint density at radius 2 is 2.03 bits per heavy atom. The number of likely N-dealkylation sites (tertiary alicyclic amines) is 1. The number of hydrogen-bond donors (Lipinski definition) is 2. The Hall–Kier alpha value is -3.55. The molecule has 2 N–H and O–H groups in total. The number of aromatic amines is 1. The van der Waals surface area contributed by atoms with E-state index in [4.69, 9.17) is 9.15 Å². The normalized spacial score (nSPS) is 14.4. The zero-order valence-corrected chi connectivity index (χ0v) is 17.5. The summed E-state index contributed by atoms with van der Waals surface area (Å²) in [6.07, 6.45) is 3.18. The van der Waals surface area contributed by atoms with Gasteiger partial charge in [-0.15, -0.1) is 0 Å². The maximum absolute atomic E-state index is 13.0. The van der Waals surface area contributed by atoms with Crippen molar-refractivity contribution in [1.29, 1.82) is 0 Å². The van der Waals surface area contributed by atoms with Gasteiger partial charge in [-0.3, -0.25) is 14.7 Å². The lowest BCUT2D eigenvalue weighted by Crippen LogP contribution is -2.38. The van der Waals surface area contributed by atoms with Gasteiger partial charge in [0.15, 0.2) is 0 Å². The van der Waals surface area contributed by atoms with Gasteiger partial charge in [-0.05, 0) is 50.1 Å². The lowest BCUT2D eigenvalue weighted by molar-refractivity contribution is 0.0707. The molecule has 8 nitrogen and oxygen atoms in total. The summed E-state index contributed by atoms with van der Waals surface area (Å²) in [6, 6.07) is 12.7. The van der Waals surface area contributed by atoms with E-state index in [9.17, 15) is 9.59 Å². The number of nitrogens with one attached hydrogen (secondary N) is 2. The third-order valence-corrected chi connectivity index (χ3v) is 5.47. The predicted octanol–water partition coefficient (Wildman–Crippen LogP) is 3.35. The molecular weight excluding hydrogens is 396 g/mol. The molecule has 162 valence electrons. The standard InChI is InChI=1S/C23H26N4O4/c1-2-30-21-8-4-3-7-18(21)23(29)27-11-9-16(10-12-27)19-14-20(26-25-19)22(28)24-15-17-6-5-13-31-17/h3-8,13-14,16H,2,9-12,15H2,1H3,(H,24,28)(H,25,26). The van der Waals surface area contributed by atoms with Crippen LogP contribution in [0.1, 0.15) is 58.0 Å². The predicted molar refractivity (Wildman–Crippen MR) is 114 cm³/mol. The van der Waals surface area contributed by atoms with Crippen molar-refractivity contribution < 1.29 is 18.7 Å². The number of piperidine rings is 1. The summed E-state index contributed by atoms with van der Waals surface area (Å²) in [5.74, 6) is 1.28. The first-order valence-electron chi connectivity index (χ1n) is 10.5. The van der Waals surface area contributed by atoms with Gasteiger partial charge in [0, 0.05) is 24.7 Å². The Kier molecular flexibility index (Phi) is 6.35. The summed E-state index contributed by atoms with van der Waals surface area (Å²) in [7, 11) is 0. The molecule has 2 amide bonds. The fourth-order valence-corrected chi connectivity index (χ4v) is 3.82. The van der Waals surface area contributed by atoms with Gasteiger partial charge in [-0.2, -0.15) is 5.10 Å². The van der Waals surface area contributed by atoms with E-state index in [0.29, 0.717) is 49.0 Å². The molecule has 0 saturated carbocycles. The molecule has 1 saturated heterocycles. The van der Waals surface area contributed by atoms with Crippen molar-refractivity contribution in [1.82, 2.24) is 20.4 Å². The second-order valence-corrected chi connectivity index (χ2v) is 7.47. The number of H-pyrrole nitrogens is 1. The van der Waals surface area contributed by atoms with Crippen molar-refractivity contribution >= 4 is 11.8 Å². The zero-order chi connectivity index (χ0) is 21.6. The van der Waals surface area contributed by atoms with Gasteiger partial charge in [-0.25, -0.2) is 0 Å². The first-order chi connectivity index (χ1) is 15.2. The molecule has 0 radical (unpaired) electrons. The van der Waals surface area contributed by atoms with Crippen LogP contribution in [-0.4, -0.2) is 46.6 Å². The number of benzene rings is 1. The molecule has 2 aromatic heterocycles. The quantitative estimate of drug-likeness (QED) is 0.608. The molecule has 0 atom stereocenters. The lowest BCUT2D eigenvalue weighted by Gasteiger charge is -2.31. The van der Waals surface area contributed by atoms with Gasteiger partial charge in [0.25, 0.3) is 11.8 Å². The molecular formula is C23H26N4O4. The van der Waals surface area contributed by atoms with E-state index in [0.717, 1.165) is 18.5 Å². The zero-order valence-electron chi connectivity index (χ0n) is 17.5. The van der Waals surface area contributed by atoms with E-state index < -0.39 is 0 Å². The molecule has 1 aromatic carbocycles. The van der Waals surface area contributed by atoms with Crippen LogP contribution in [-0.2, 0) is 6.54 Å². The van der Waals surface area contributed by atoms with Crippen LogP contribution in [0.3, 0.4) is 0 Å². The highest BCUT2D eigenvalue weighted by atomic mass is 16.5. The largest absolute Gasteiger partial charge is 0.493 e. The van der Waals surface area contributed by atoms with Crippen molar-refractivity contribution in [3.8, 4) is 5.75 Å². The van der Waals surface area contributed by atoms with Crippen LogP contribution >= 0.6 is 0 Å². The van der Waals surface area contributed by atoms with Crippen LogP contribution in [0, 0.1) is 0 Å². The van der Waals surface area contributed by atoms with Gasteiger partial charge >= 0.3 is 0 Å². The summed E-state index contributed by atoms with van der Waals surface area (Å²) in [4.78, 5) is 27.1. The van der Waals surface area contributed by atoms with Crippen molar-refractivity contribution in [3.05, 3.63) is 71.4 Å². The summed E-state index contributed by atoms with van der Waals surface area (Å²) < 4.78 is 10.8. The SMILES string of the molecule is CCOc1ccccc1C(=O)N1CCC(c2cc(C(=O)NCc3ccco3)n[nH]2)CC1. The Balaban J connectivity index is 1.33. The van der Waals surface area contributed by atoms with E-state index >= 15 is 0 Å². The molecule has 3 aromatic rings. The van der Waals surface area contributed by atoms with E-state index in [2.05, 4.69) is 15.5 Å². The fourth-order valence-electron chi connectivity index (χ4n) is 3.82. The summed E-state index contributed by atoms with van der Waals surface area (Å²) in [5, 5.41) is 9.95. The van der Waals surface area contributed by atoms with E-state index in [1.54, 1.807) is 24.5 Å². The molecule has 3 heterocycles. The molecule has 4 rings (SSSR count). The maximum Gasteiger partial charge on any atom is 0.272 e. The number of aromatic nitrogens is 2. The van der Waals surface area contributed by atoms with Gasteiger partial charge in [0.1, 0.15) is 17.2 Å². The van der Waals surface area contributed by atoms with Gasteiger partial charge in [-0.1, -0.05) is 12.1 Å². The Morgan fingerprint density at radius 1 is 1.23 bits per heavy atom. The molecule has 31 heavy (non-hydrogen) atoms. The number of ether oxygens (including phenoxy) is 1. The highest BCUT2D eigenvalue weighted by Crippen LogP contribution is 2.29. The summed E-state index contributed by atoms with van der Waals surface area (Å²) in [5.41, 5.74) is 1.87. The lowest BCUT2D eigenvalue weighted by atomic mass is 9.93. The Morgan fingerprint density at radius 3 is 2.77 bits per heavy atom. The van der Waals surface area contributed by atoms with Crippen LogP contribution in [0.15, 0.2) is 53.1 Å². The molecule has 1 aliphatic rings. The molecule has 1 fully saturated rings. The summed E-state index contributed by atoms with van der Waals surface area (Å²) in [6.45, 7) is 4.02. The minimum Gasteiger partial charge on any atom is -0.493 e. The summed E-state index contributed by atoms with van der Waals surface area (Å²) >= 11 is 0. The van der Waals surface area contributed by atoms with Crippen molar-refractivity contribution in [2.24, 2.45) is 0 Å². The molecule has 0 spiro atoms. The monoisotopic (exact) mass is 422 g/mol. The smallest absolute Gasteiger partial charge is 0.272 e. The second kappa shape index (κ2) is 9.51. The maximum atomic E-state index is 13.0. The molecule has 0 aliphatic carbocycles. The van der Waals surface area contributed by atoms with E-state index in [1.807, 2.05) is 36.1 Å². The molecule has 0 unspecified atom stereocenters.